The zero-order chi connectivity index (χ0) is 21.0. The third kappa shape index (κ3) is 14.4. The van der Waals surface area contributed by atoms with Crippen LogP contribution >= 0.6 is 0 Å². The van der Waals surface area contributed by atoms with Gasteiger partial charge in [-0.25, -0.2) is 0 Å². The van der Waals surface area contributed by atoms with Crippen molar-refractivity contribution in [2.45, 2.75) is 77.7 Å². The van der Waals surface area contributed by atoms with Crippen molar-refractivity contribution in [1.29, 1.82) is 0 Å². The smallest absolute Gasteiger partial charge is 0.220 e. The van der Waals surface area contributed by atoms with Gasteiger partial charge >= 0.3 is 0 Å². The molecule has 0 aliphatic rings. The van der Waals surface area contributed by atoms with Gasteiger partial charge in [-0.1, -0.05) is 74.8 Å². The Morgan fingerprint density at radius 1 is 0.931 bits per heavy atom. The van der Waals surface area contributed by atoms with Crippen molar-refractivity contribution in [3.8, 4) is 5.75 Å². The van der Waals surface area contributed by atoms with Gasteiger partial charge in [0.15, 0.2) is 0 Å². The monoisotopic (exact) mass is 397 g/mol. The lowest BCUT2D eigenvalue weighted by Crippen LogP contribution is -2.22. The summed E-state index contributed by atoms with van der Waals surface area (Å²) in [7, 11) is 1.65. The number of rotatable bonds is 16. The summed E-state index contributed by atoms with van der Waals surface area (Å²) in [4.78, 5) is 11.9. The van der Waals surface area contributed by atoms with Crippen LogP contribution in [0.4, 0.5) is 0 Å². The molecule has 0 radical (unpaired) electrons. The van der Waals surface area contributed by atoms with E-state index in [-0.39, 0.29) is 5.91 Å². The molecule has 0 aliphatic carbocycles. The van der Waals surface area contributed by atoms with Crippen molar-refractivity contribution in [2.24, 2.45) is 0 Å². The third-order valence-electron chi connectivity index (χ3n) is 4.68. The van der Waals surface area contributed by atoms with Crippen molar-refractivity contribution in [3.63, 3.8) is 0 Å². The van der Waals surface area contributed by atoms with Crippen LogP contribution in [0.5, 0.6) is 5.75 Å². The molecule has 1 amide bonds. The zero-order valence-electron chi connectivity index (χ0n) is 18.4. The molecule has 0 aliphatic heterocycles. The van der Waals surface area contributed by atoms with Crippen LogP contribution in [0.15, 0.2) is 60.7 Å². The molecule has 0 saturated carbocycles. The van der Waals surface area contributed by atoms with Gasteiger partial charge in [0.2, 0.25) is 5.91 Å². The lowest BCUT2D eigenvalue weighted by molar-refractivity contribution is -0.121. The molecule has 0 saturated heterocycles. The van der Waals surface area contributed by atoms with Gasteiger partial charge in [-0.2, -0.15) is 0 Å². The second-order valence-electron chi connectivity index (χ2n) is 7.23. The molecule has 0 spiro atoms. The Morgan fingerprint density at radius 3 is 2.38 bits per heavy atom. The molecule has 0 fully saturated rings. The topological polar surface area (TPSA) is 38.3 Å². The Kier molecular flexibility index (Phi) is 15.2. The fraction of sp³-hybridized carbons (Fsp3) is 0.500. The van der Waals surface area contributed by atoms with Gasteiger partial charge in [-0.15, -0.1) is 0 Å². The van der Waals surface area contributed by atoms with Gasteiger partial charge in [0.05, 0.1) is 7.11 Å². The standard InChI is InChI=1S/C26H39NO2/c1-3-4-5-6-7-8-9-10-11-12-13-14-15-16-17-21-26(28)27-23-24-19-18-20-25(22-24)29-2/h4-5,7-8,10-11,18-20,22H,3,6,9,12-17,21,23H2,1-2H3,(H,27,28)/b5-4+,8-7+,11-10+. The number of nitrogens with one attached hydrogen (secondary N) is 1. The molecular weight excluding hydrogens is 358 g/mol. The van der Waals surface area contributed by atoms with Crippen LogP contribution in [0.2, 0.25) is 0 Å². The van der Waals surface area contributed by atoms with Crippen molar-refractivity contribution >= 4 is 5.91 Å². The van der Waals surface area contributed by atoms with E-state index in [1.165, 1.54) is 19.3 Å². The number of methoxy groups -OCH3 is 1. The second kappa shape index (κ2) is 17.8. The highest BCUT2D eigenvalue weighted by molar-refractivity contribution is 5.75. The highest BCUT2D eigenvalue weighted by Crippen LogP contribution is 2.12. The predicted octanol–water partition coefficient (Wildman–Crippen LogP) is 6.90. The number of unbranched alkanes of at least 4 members (excludes halogenated alkanes) is 5. The van der Waals surface area contributed by atoms with Crippen LogP contribution in [0.3, 0.4) is 0 Å². The first-order chi connectivity index (χ1) is 14.3. The van der Waals surface area contributed by atoms with Crippen LogP contribution in [-0.4, -0.2) is 13.0 Å². The van der Waals surface area contributed by atoms with Crippen LogP contribution < -0.4 is 10.1 Å². The molecule has 0 unspecified atom stereocenters. The Hall–Kier alpha value is -2.29. The number of hydrogen-bond acceptors (Lipinski definition) is 2. The van der Waals surface area contributed by atoms with Gasteiger partial charge in [-0.05, 0) is 56.2 Å². The average molecular weight is 398 g/mol. The quantitative estimate of drug-likeness (QED) is 0.243. The van der Waals surface area contributed by atoms with Crippen molar-refractivity contribution in [2.75, 3.05) is 7.11 Å². The van der Waals surface area contributed by atoms with Gasteiger partial charge in [0.1, 0.15) is 5.75 Å². The Balaban J connectivity index is 1.94. The molecule has 0 atom stereocenters. The maximum atomic E-state index is 11.9. The van der Waals surface area contributed by atoms with E-state index in [2.05, 4.69) is 48.7 Å². The fourth-order valence-electron chi connectivity index (χ4n) is 2.98. The summed E-state index contributed by atoms with van der Waals surface area (Å²) in [5.74, 6) is 0.955. The minimum absolute atomic E-state index is 0.133. The largest absolute Gasteiger partial charge is 0.497 e. The molecular formula is C26H39NO2. The summed E-state index contributed by atoms with van der Waals surface area (Å²) < 4.78 is 5.20. The molecule has 1 aromatic rings. The molecule has 1 aromatic carbocycles. The summed E-state index contributed by atoms with van der Waals surface area (Å²) in [5, 5.41) is 2.99. The normalized spacial score (nSPS) is 11.7. The Bertz CT molecular complexity index is 631. The second-order valence-corrected chi connectivity index (χ2v) is 7.23. The number of amides is 1. The molecule has 0 heterocycles. The van der Waals surface area contributed by atoms with E-state index in [0.717, 1.165) is 49.8 Å². The number of allylic oxidation sites excluding steroid dienone is 6. The van der Waals surface area contributed by atoms with E-state index in [4.69, 9.17) is 4.74 Å². The van der Waals surface area contributed by atoms with Gasteiger partial charge < -0.3 is 10.1 Å². The molecule has 3 heteroatoms. The first-order valence-corrected chi connectivity index (χ1v) is 11.1. The van der Waals surface area contributed by atoms with E-state index in [1.54, 1.807) is 7.11 Å². The minimum Gasteiger partial charge on any atom is -0.497 e. The lowest BCUT2D eigenvalue weighted by Gasteiger charge is -2.07. The highest BCUT2D eigenvalue weighted by Gasteiger charge is 2.02. The number of carbonyl (C=O) groups excluding carboxylic acids is 1. The summed E-state index contributed by atoms with van der Waals surface area (Å²) >= 11 is 0. The molecule has 0 aromatic heterocycles. The first-order valence-electron chi connectivity index (χ1n) is 11.1. The maximum absolute atomic E-state index is 11.9. The number of carbonyl (C=O) groups is 1. The fourth-order valence-corrected chi connectivity index (χ4v) is 2.98. The van der Waals surface area contributed by atoms with Crippen molar-refractivity contribution in [1.82, 2.24) is 5.32 Å². The maximum Gasteiger partial charge on any atom is 0.220 e. The van der Waals surface area contributed by atoms with E-state index < -0.39 is 0 Å². The number of hydrogen-bond donors (Lipinski definition) is 1. The van der Waals surface area contributed by atoms with Crippen LogP contribution in [0, 0.1) is 0 Å². The zero-order valence-corrected chi connectivity index (χ0v) is 18.4. The predicted molar refractivity (Wildman–Crippen MR) is 124 cm³/mol. The molecule has 3 nitrogen and oxygen atoms in total. The van der Waals surface area contributed by atoms with E-state index in [9.17, 15) is 4.79 Å². The van der Waals surface area contributed by atoms with Crippen LogP contribution in [0.1, 0.15) is 76.7 Å². The average Bonchev–Trinajstić information content (AvgIpc) is 2.75. The van der Waals surface area contributed by atoms with Crippen molar-refractivity contribution < 1.29 is 9.53 Å². The number of ether oxygens (including phenoxy) is 1. The minimum atomic E-state index is 0.133. The molecule has 29 heavy (non-hydrogen) atoms. The van der Waals surface area contributed by atoms with Crippen molar-refractivity contribution in [3.05, 3.63) is 66.3 Å². The molecule has 160 valence electrons. The summed E-state index contributed by atoms with van der Waals surface area (Å²) in [5.41, 5.74) is 1.06. The third-order valence-corrected chi connectivity index (χ3v) is 4.68. The SMILES string of the molecule is CC/C=C/C/C=C/C/C=C/CCCCCCCC(=O)NCc1cccc(OC)c1. The van der Waals surface area contributed by atoms with Crippen LogP contribution in [-0.2, 0) is 11.3 Å². The Labute approximate surface area is 177 Å². The number of benzene rings is 1. The molecule has 1 N–H and O–H groups in total. The van der Waals surface area contributed by atoms with Gasteiger partial charge in [0, 0.05) is 13.0 Å². The van der Waals surface area contributed by atoms with E-state index >= 15 is 0 Å². The van der Waals surface area contributed by atoms with Crippen LogP contribution in [0.25, 0.3) is 0 Å². The molecule has 0 bridgehead atoms. The summed E-state index contributed by atoms with van der Waals surface area (Å²) in [6.45, 7) is 2.72. The lowest BCUT2D eigenvalue weighted by atomic mass is 10.1. The Morgan fingerprint density at radius 2 is 1.62 bits per heavy atom. The molecule has 1 rings (SSSR count). The van der Waals surface area contributed by atoms with E-state index in [0.29, 0.717) is 13.0 Å². The van der Waals surface area contributed by atoms with Gasteiger partial charge in [-0.3, -0.25) is 4.79 Å². The van der Waals surface area contributed by atoms with E-state index in [1.807, 2.05) is 24.3 Å². The van der Waals surface area contributed by atoms with Gasteiger partial charge in [0.25, 0.3) is 0 Å². The first kappa shape index (κ1) is 24.7. The summed E-state index contributed by atoms with van der Waals surface area (Å²) in [6.07, 6.45) is 24.2. The highest BCUT2D eigenvalue weighted by atomic mass is 16.5. The summed E-state index contributed by atoms with van der Waals surface area (Å²) in [6, 6.07) is 7.80.